The highest BCUT2D eigenvalue weighted by Gasteiger charge is 2.20. The molecule has 1 saturated heterocycles. The lowest BCUT2D eigenvalue weighted by molar-refractivity contribution is -0.125. The molecule has 148 valence electrons. The third-order valence-corrected chi connectivity index (χ3v) is 4.36. The molecular formula is C19H21F2N5O2. The molecule has 7 nitrogen and oxygen atoms in total. The van der Waals surface area contributed by atoms with Crippen molar-refractivity contribution in [2.45, 2.75) is 0 Å². The van der Waals surface area contributed by atoms with E-state index in [0.29, 0.717) is 13.1 Å². The summed E-state index contributed by atoms with van der Waals surface area (Å²) in [4.78, 5) is 32.4. The Bertz CT molecular complexity index is 826. The molecule has 1 aromatic carbocycles. The van der Waals surface area contributed by atoms with Gasteiger partial charge in [0.05, 0.1) is 13.1 Å². The van der Waals surface area contributed by atoms with Gasteiger partial charge >= 0.3 is 0 Å². The molecule has 2 aromatic rings. The van der Waals surface area contributed by atoms with E-state index in [-0.39, 0.29) is 24.7 Å². The predicted octanol–water partition coefficient (Wildman–Crippen LogP) is 1.24. The second-order valence-electron chi connectivity index (χ2n) is 6.40. The molecule has 0 aliphatic carbocycles. The molecule has 1 aliphatic heterocycles. The maximum atomic E-state index is 13.1. The Morgan fingerprint density at radius 1 is 1.00 bits per heavy atom. The molecule has 2 amide bonds. The minimum atomic E-state index is -1.05. The number of nitrogens with one attached hydrogen (secondary N) is 2. The van der Waals surface area contributed by atoms with Crippen LogP contribution in [0.2, 0.25) is 0 Å². The van der Waals surface area contributed by atoms with Gasteiger partial charge in [0.25, 0.3) is 0 Å². The number of nitrogens with zero attached hydrogens (tertiary/aromatic N) is 3. The molecule has 2 N–H and O–H groups in total. The number of carbonyl (C=O) groups excluding carboxylic acids is 2. The number of aromatic nitrogens is 1. The van der Waals surface area contributed by atoms with Gasteiger partial charge in [-0.25, -0.2) is 13.8 Å². The van der Waals surface area contributed by atoms with Crippen LogP contribution >= 0.6 is 0 Å². The first-order chi connectivity index (χ1) is 13.5. The third-order valence-electron chi connectivity index (χ3n) is 4.36. The van der Waals surface area contributed by atoms with Gasteiger partial charge in [-0.1, -0.05) is 6.07 Å². The van der Waals surface area contributed by atoms with Gasteiger partial charge in [0, 0.05) is 44.1 Å². The summed E-state index contributed by atoms with van der Waals surface area (Å²) in [6.45, 7) is 2.90. The molecule has 1 aromatic heterocycles. The summed E-state index contributed by atoms with van der Waals surface area (Å²) < 4.78 is 26.0. The Morgan fingerprint density at radius 3 is 2.46 bits per heavy atom. The summed E-state index contributed by atoms with van der Waals surface area (Å²) in [5.74, 6) is -1.91. The number of hydrogen-bond acceptors (Lipinski definition) is 5. The predicted molar refractivity (Wildman–Crippen MR) is 101 cm³/mol. The van der Waals surface area contributed by atoms with Crippen molar-refractivity contribution < 1.29 is 18.4 Å². The average molecular weight is 389 g/mol. The van der Waals surface area contributed by atoms with Gasteiger partial charge in [-0.3, -0.25) is 14.5 Å². The van der Waals surface area contributed by atoms with Gasteiger partial charge in [-0.15, -0.1) is 0 Å². The molecule has 2 heterocycles. The number of carbonyl (C=O) groups is 2. The minimum absolute atomic E-state index is 0.129. The van der Waals surface area contributed by atoms with E-state index < -0.39 is 17.5 Å². The van der Waals surface area contributed by atoms with Crippen molar-refractivity contribution in [3.63, 3.8) is 0 Å². The second-order valence-corrected chi connectivity index (χ2v) is 6.40. The van der Waals surface area contributed by atoms with Crippen LogP contribution in [-0.2, 0) is 9.59 Å². The van der Waals surface area contributed by atoms with E-state index in [4.69, 9.17) is 0 Å². The van der Waals surface area contributed by atoms with Crippen LogP contribution in [-0.4, -0.2) is 61.0 Å². The maximum absolute atomic E-state index is 13.1. The first kappa shape index (κ1) is 19.7. The number of anilines is 2. The van der Waals surface area contributed by atoms with Crippen LogP contribution in [0.25, 0.3) is 0 Å². The lowest BCUT2D eigenvalue weighted by Crippen LogP contribution is -2.50. The zero-order valence-corrected chi connectivity index (χ0v) is 15.2. The first-order valence-electron chi connectivity index (χ1n) is 8.91. The number of amides is 2. The number of hydrogen-bond donors (Lipinski definition) is 2. The standard InChI is InChI=1S/C19H21F2N5O2/c20-15-5-4-14(11-16(15)21)24-18(27)12-23-19(28)13-25-7-9-26(10-8-25)17-3-1-2-6-22-17/h1-6,11H,7-10,12-13H2,(H,23,28)(H,24,27). The van der Waals surface area contributed by atoms with E-state index in [1.54, 1.807) is 6.20 Å². The Kier molecular flexibility index (Phi) is 6.49. The lowest BCUT2D eigenvalue weighted by atomic mass is 10.3. The molecule has 0 bridgehead atoms. The minimum Gasteiger partial charge on any atom is -0.354 e. The number of halogens is 2. The second kappa shape index (κ2) is 9.23. The van der Waals surface area contributed by atoms with Crippen LogP contribution < -0.4 is 15.5 Å². The van der Waals surface area contributed by atoms with E-state index in [9.17, 15) is 18.4 Å². The molecule has 1 aliphatic rings. The summed E-state index contributed by atoms with van der Waals surface area (Å²) in [7, 11) is 0. The molecule has 9 heteroatoms. The van der Waals surface area contributed by atoms with Crippen LogP contribution in [0.4, 0.5) is 20.3 Å². The largest absolute Gasteiger partial charge is 0.354 e. The maximum Gasteiger partial charge on any atom is 0.243 e. The third kappa shape index (κ3) is 5.46. The van der Waals surface area contributed by atoms with Gasteiger partial charge in [0.15, 0.2) is 11.6 Å². The zero-order valence-electron chi connectivity index (χ0n) is 15.2. The summed E-state index contributed by atoms with van der Waals surface area (Å²) in [5.41, 5.74) is 0.129. The summed E-state index contributed by atoms with van der Waals surface area (Å²) in [5, 5.41) is 4.94. The van der Waals surface area contributed by atoms with E-state index in [1.807, 2.05) is 23.1 Å². The average Bonchev–Trinajstić information content (AvgIpc) is 2.70. The van der Waals surface area contributed by atoms with Crippen molar-refractivity contribution in [3.05, 3.63) is 54.2 Å². The Hall–Kier alpha value is -3.07. The van der Waals surface area contributed by atoms with Crippen LogP contribution in [0.3, 0.4) is 0 Å². The first-order valence-corrected chi connectivity index (χ1v) is 8.91. The molecular weight excluding hydrogens is 368 g/mol. The normalized spacial score (nSPS) is 14.6. The summed E-state index contributed by atoms with van der Waals surface area (Å²) >= 11 is 0. The van der Waals surface area contributed by atoms with E-state index in [2.05, 4.69) is 20.5 Å². The Balaban J connectivity index is 1.37. The van der Waals surface area contributed by atoms with Crippen molar-refractivity contribution in [1.29, 1.82) is 0 Å². The summed E-state index contributed by atoms with van der Waals surface area (Å²) in [6.07, 6.45) is 1.75. The fraction of sp³-hybridized carbons (Fsp3) is 0.316. The van der Waals surface area contributed by atoms with E-state index in [1.165, 1.54) is 6.07 Å². The smallest absolute Gasteiger partial charge is 0.243 e. The molecule has 28 heavy (non-hydrogen) atoms. The number of pyridine rings is 1. The molecule has 1 fully saturated rings. The number of piperazine rings is 1. The monoisotopic (exact) mass is 389 g/mol. The Labute approximate surface area is 161 Å². The molecule has 3 rings (SSSR count). The molecule has 0 radical (unpaired) electrons. The van der Waals surface area contributed by atoms with Gasteiger partial charge < -0.3 is 15.5 Å². The van der Waals surface area contributed by atoms with Gasteiger partial charge in [0.1, 0.15) is 5.82 Å². The van der Waals surface area contributed by atoms with E-state index in [0.717, 1.165) is 31.0 Å². The van der Waals surface area contributed by atoms with Crippen LogP contribution in [0.1, 0.15) is 0 Å². The fourth-order valence-corrected chi connectivity index (χ4v) is 2.89. The van der Waals surface area contributed by atoms with E-state index >= 15 is 0 Å². The van der Waals surface area contributed by atoms with Crippen LogP contribution in [0.15, 0.2) is 42.6 Å². The SMILES string of the molecule is O=C(CN1CCN(c2ccccn2)CC1)NCC(=O)Nc1ccc(F)c(F)c1. The van der Waals surface area contributed by atoms with Crippen LogP contribution in [0, 0.1) is 11.6 Å². The van der Waals surface area contributed by atoms with Crippen molar-refractivity contribution in [2.75, 3.05) is 49.5 Å². The van der Waals surface area contributed by atoms with Gasteiger partial charge in [0.2, 0.25) is 11.8 Å². The molecule has 0 spiro atoms. The van der Waals surface area contributed by atoms with Crippen molar-refractivity contribution in [2.24, 2.45) is 0 Å². The highest BCUT2D eigenvalue weighted by Crippen LogP contribution is 2.13. The molecule has 0 unspecified atom stereocenters. The Morgan fingerprint density at radius 2 is 1.79 bits per heavy atom. The van der Waals surface area contributed by atoms with Crippen molar-refractivity contribution in [1.82, 2.24) is 15.2 Å². The quantitative estimate of drug-likeness (QED) is 0.777. The number of benzene rings is 1. The highest BCUT2D eigenvalue weighted by molar-refractivity contribution is 5.94. The fourth-order valence-electron chi connectivity index (χ4n) is 2.89. The van der Waals surface area contributed by atoms with Crippen molar-refractivity contribution in [3.8, 4) is 0 Å². The zero-order chi connectivity index (χ0) is 19.9. The van der Waals surface area contributed by atoms with Gasteiger partial charge in [-0.2, -0.15) is 0 Å². The highest BCUT2D eigenvalue weighted by atomic mass is 19.2. The van der Waals surface area contributed by atoms with Gasteiger partial charge in [-0.05, 0) is 24.3 Å². The van der Waals surface area contributed by atoms with Crippen LogP contribution in [0.5, 0.6) is 0 Å². The lowest BCUT2D eigenvalue weighted by Gasteiger charge is -2.34. The molecule has 0 atom stereocenters. The van der Waals surface area contributed by atoms with Crippen molar-refractivity contribution >= 4 is 23.3 Å². The topological polar surface area (TPSA) is 77.6 Å². The number of rotatable bonds is 6. The molecule has 0 saturated carbocycles. The summed E-state index contributed by atoms with van der Waals surface area (Å²) in [6, 6.07) is 8.82.